The van der Waals surface area contributed by atoms with Gasteiger partial charge in [0.15, 0.2) is 0 Å². The van der Waals surface area contributed by atoms with Crippen LogP contribution in [-0.2, 0) is 0 Å². The molecule has 0 aliphatic heterocycles. The van der Waals surface area contributed by atoms with Gasteiger partial charge in [-0.05, 0) is 31.2 Å². The zero-order chi connectivity index (χ0) is 13.7. The first-order chi connectivity index (χ1) is 9.22. The summed E-state index contributed by atoms with van der Waals surface area (Å²) in [4.78, 5) is 11.2. The Morgan fingerprint density at radius 3 is 2.40 bits per heavy atom. The molecule has 0 amide bonds. The minimum Gasteiger partial charge on any atom is -1.00 e. The number of carboxylic acid groups (broad SMARTS) is 1. The van der Waals surface area contributed by atoms with Crippen LogP contribution in [0.15, 0.2) is 48.5 Å². The molecule has 0 heterocycles. The largest absolute Gasteiger partial charge is 2.00 e. The van der Waals surface area contributed by atoms with E-state index in [-0.39, 0.29) is 31.5 Å². The van der Waals surface area contributed by atoms with Gasteiger partial charge in [0.25, 0.3) is 0 Å². The molecule has 0 aromatic heterocycles. The number of anilines is 2. The smallest absolute Gasteiger partial charge is 1.00 e. The molecule has 20 heavy (non-hydrogen) atoms. The first-order valence-electron chi connectivity index (χ1n) is 6.03. The van der Waals surface area contributed by atoms with E-state index >= 15 is 0 Å². The van der Waals surface area contributed by atoms with Crippen LogP contribution in [0.1, 0.15) is 20.1 Å². The van der Waals surface area contributed by atoms with E-state index in [4.69, 9.17) is 9.84 Å². The third kappa shape index (κ3) is 3.88. The molecular formula is C15H17MgNO3. The normalized spacial score (nSPS) is 9.45. The molecule has 0 saturated carbocycles. The number of ether oxygens (including phenoxy) is 1. The Morgan fingerprint density at radius 1 is 1.15 bits per heavy atom. The SMILES string of the molecule is CCOc1ccccc1Nc1ccccc1C(=O)O.[H-].[H-].[Mg+2]. The molecule has 102 valence electrons. The summed E-state index contributed by atoms with van der Waals surface area (Å²) in [5.74, 6) is -0.262. The number of benzene rings is 2. The first kappa shape index (κ1) is 16.3. The monoisotopic (exact) mass is 283 g/mol. The van der Waals surface area contributed by atoms with Crippen LogP contribution in [0.5, 0.6) is 5.75 Å². The third-order valence-corrected chi connectivity index (χ3v) is 2.61. The second-order valence-corrected chi connectivity index (χ2v) is 3.90. The van der Waals surface area contributed by atoms with Crippen LogP contribution in [0.3, 0.4) is 0 Å². The molecular weight excluding hydrogens is 266 g/mol. The number of carbonyl (C=O) groups is 1. The van der Waals surface area contributed by atoms with Crippen molar-refractivity contribution in [3.63, 3.8) is 0 Å². The summed E-state index contributed by atoms with van der Waals surface area (Å²) >= 11 is 0. The maximum atomic E-state index is 11.2. The quantitative estimate of drug-likeness (QED) is 0.826. The van der Waals surface area contributed by atoms with Crippen molar-refractivity contribution in [1.29, 1.82) is 0 Å². The van der Waals surface area contributed by atoms with Gasteiger partial charge in [0.2, 0.25) is 0 Å². The third-order valence-electron chi connectivity index (χ3n) is 2.61. The predicted octanol–water partition coefficient (Wildman–Crippen LogP) is 3.37. The molecule has 2 aromatic carbocycles. The van der Waals surface area contributed by atoms with Crippen LogP contribution in [0.4, 0.5) is 11.4 Å². The van der Waals surface area contributed by atoms with Gasteiger partial charge in [0.1, 0.15) is 5.75 Å². The van der Waals surface area contributed by atoms with Gasteiger partial charge < -0.3 is 18.0 Å². The van der Waals surface area contributed by atoms with E-state index in [0.717, 1.165) is 5.69 Å². The van der Waals surface area contributed by atoms with Crippen molar-refractivity contribution >= 4 is 40.4 Å². The summed E-state index contributed by atoms with van der Waals surface area (Å²) in [5.41, 5.74) is 1.52. The van der Waals surface area contributed by atoms with Crippen molar-refractivity contribution in [2.24, 2.45) is 0 Å². The van der Waals surface area contributed by atoms with Gasteiger partial charge in [0.05, 0.1) is 23.5 Å². The van der Waals surface area contributed by atoms with Crippen molar-refractivity contribution in [2.75, 3.05) is 11.9 Å². The second-order valence-electron chi connectivity index (χ2n) is 3.90. The Bertz CT molecular complexity index is 597. The molecule has 0 fully saturated rings. The molecule has 4 nitrogen and oxygen atoms in total. The van der Waals surface area contributed by atoms with Crippen LogP contribution in [0, 0.1) is 0 Å². The fourth-order valence-electron chi connectivity index (χ4n) is 1.77. The first-order valence-corrected chi connectivity index (χ1v) is 6.03. The van der Waals surface area contributed by atoms with Crippen molar-refractivity contribution < 1.29 is 17.5 Å². The number of para-hydroxylation sites is 3. The molecule has 2 aromatic rings. The van der Waals surface area contributed by atoms with Crippen LogP contribution in [-0.4, -0.2) is 40.7 Å². The second kappa shape index (κ2) is 7.77. The molecule has 2 N–H and O–H groups in total. The summed E-state index contributed by atoms with van der Waals surface area (Å²) < 4.78 is 5.50. The van der Waals surface area contributed by atoms with Gasteiger partial charge in [-0.3, -0.25) is 0 Å². The number of hydrogen-bond donors (Lipinski definition) is 2. The number of rotatable bonds is 5. The number of aromatic carboxylic acids is 1. The molecule has 0 unspecified atom stereocenters. The van der Waals surface area contributed by atoms with E-state index in [1.165, 1.54) is 0 Å². The summed E-state index contributed by atoms with van der Waals surface area (Å²) in [6.45, 7) is 2.46. The molecule has 0 saturated heterocycles. The average Bonchev–Trinajstić information content (AvgIpc) is 2.42. The van der Waals surface area contributed by atoms with Crippen LogP contribution < -0.4 is 10.1 Å². The molecule has 0 aliphatic carbocycles. The molecule has 2 rings (SSSR count). The van der Waals surface area contributed by atoms with Crippen molar-refractivity contribution in [3.8, 4) is 5.75 Å². The summed E-state index contributed by atoms with van der Waals surface area (Å²) in [6.07, 6.45) is 0. The van der Waals surface area contributed by atoms with Crippen molar-refractivity contribution in [2.45, 2.75) is 6.92 Å². The van der Waals surface area contributed by atoms with Gasteiger partial charge in [-0.15, -0.1) is 0 Å². The molecule has 0 aliphatic rings. The number of nitrogens with one attached hydrogen (secondary N) is 1. The Kier molecular flexibility index (Phi) is 6.34. The Hall–Kier alpha value is -1.72. The number of hydrogen-bond acceptors (Lipinski definition) is 3. The van der Waals surface area contributed by atoms with Gasteiger partial charge in [-0.2, -0.15) is 0 Å². The summed E-state index contributed by atoms with van der Waals surface area (Å²) in [6, 6.07) is 14.2. The van der Waals surface area contributed by atoms with Crippen LogP contribution in [0.25, 0.3) is 0 Å². The molecule has 0 spiro atoms. The minimum absolute atomic E-state index is 0. The average molecular weight is 284 g/mol. The van der Waals surface area contributed by atoms with Crippen LogP contribution >= 0.6 is 0 Å². The Labute approximate surface area is 136 Å². The molecule has 0 bridgehead atoms. The van der Waals surface area contributed by atoms with Gasteiger partial charge in [0, 0.05) is 0 Å². The van der Waals surface area contributed by atoms with Crippen LogP contribution in [0.2, 0.25) is 0 Å². The molecule has 0 radical (unpaired) electrons. The number of carboxylic acids is 1. The summed E-state index contributed by atoms with van der Waals surface area (Å²) in [5, 5.41) is 12.2. The molecule has 0 atom stereocenters. The predicted molar refractivity (Wildman–Crippen MR) is 82.3 cm³/mol. The maximum absolute atomic E-state index is 11.2. The van der Waals surface area contributed by atoms with E-state index < -0.39 is 5.97 Å². The zero-order valence-corrected chi connectivity index (χ0v) is 12.7. The van der Waals surface area contributed by atoms with Gasteiger partial charge >= 0.3 is 29.0 Å². The van der Waals surface area contributed by atoms with E-state index in [2.05, 4.69) is 5.32 Å². The maximum Gasteiger partial charge on any atom is 2.00 e. The van der Waals surface area contributed by atoms with E-state index in [1.54, 1.807) is 24.3 Å². The Morgan fingerprint density at radius 2 is 1.75 bits per heavy atom. The fraction of sp³-hybridized carbons (Fsp3) is 0.133. The minimum atomic E-state index is -0.961. The van der Waals surface area contributed by atoms with E-state index in [0.29, 0.717) is 18.0 Å². The Balaban J connectivity index is 0. The summed E-state index contributed by atoms with van der Waals surface area (Å²) in [7, 11) is 0. The van der Waals surface area contributed by atoms with E-state index in [1.807, 2.05) is 31.2 Å². The van der Waals surface area contributed by atoms with E-state index in [9.17, 15) is 4.79 Å². The molecule has 5 heteroatoms. The van der Waals surface area contributed by atoms with Crippen molar-refractivity contribution in [1.82, 2.24) is 0 Å². The zero-order valence-electron chi connectivity index (χ0n) is 13.3. The fourth-order valence-corrected chi connectivity index (χ4v) is 1.77. The van der Waals surface area contributed by atoms with Gasteiger partial charge in [-0.1, -0.05) is 24.3 Å². The topological polar surface area (TPSA) is 58.6 Å². The standard InChI is InChI=1S/C15H15NO3.Mg.2H/c1-2-19-14-10-6-5-9-13(14)16-12-8-4-3-7-11(12)15(17)18;;;/h3-10,16H,2H2,1H3,(H,17,18);;;/q;+2;2*-1. The van der Waals surface area contributed by atoms with Crippen molar-refractivity contribution in [3.05, 3.63) is 54.1 Å². The van der Waals surface area contributed by atoms with Gasteiger partial charge in [-0.25, -0.2) is 4.79 Å².